The van der Waals surface area contributed by atoms with Crippen molar-refractivity contribution in [3.05, 3.63) is 55.0 Å². The van der Waals surface area contributed by atoms with Crippen LogP contribution in [0.1, 0.15) is 58.1 Å². The number of benzene rings is 1. The number of nitriles is 1. The number of ether oxygens (including phenoxy) is 7. The van der Waals surface area contributed by atoms with Crippen molar-refractivity contribution in [1.29, 1.82) is 5.26 Å². The van der Waals surface area contributed by atoms with E-state index in [4.69, 9.17) is 38.3 Å². The van der Waals surface area contributed by atoms with Crippen molar-refractivity contribution < 1.29 is 33.2 Å². The lowest BCUT2D eigenvalue weighted by molar-refractivity contribution is -0.0852. The molecule has 2 fully saturated rings. The highest BCUT2D eigenvalue weighted by Crippen LogP contribution is 2.35. The van der Waals surface area contributed by atoms with Gasteiger partial charge >= 0.3 is 0 Å². The molecule has 308 valence electrons. The molecule has 0 unspecified atom stereocenters. The summed E-state index contributed by atoms with van der Waals surface area (Å²) in [6.07, 6.45) is 13.1. The Balaban J connectivity index is 1.07. The van der Waals surface area contributed by atoms with Crippen LogP contribution < -0.4 is 14.8 Å². The second-order valence-electron chi connectivity index (χ2n) is 14.5. The molecule has 1 saturated heterocycles. The minimum Gasteiger partial charge on any atom is -0.487 e. The zero-order chi connectivity index (χ0) is 39.8. The Labute approximate surface area is 334 Å². The molecule has 3 atom stereocenters. The minimum absolute atomic E-state index is 0.246. The molecule has 17 heteroatoms. The second-order valence-corrected chi connectivity index (χ2v) is 14.5. The summed E-state index contributed by atoms with van der Waals surface area (Å²) in [5.41, 5.74) is 2.70. The van der Waals surface area contributed by atoms with Crippen LogP contribution in [0.15, 0.2) is 49.4 Å². The molecule has 1 aliphatic carbocycles. The summed E-state index contributed by atoms with van der Waals surface area (Å²) in [4.78, 5) is 15.8. The van der Waals surface area contributed by atoms with Gasteiger partial charge in [0.15, 0.2) is 0 Å². The smallest absolute Gasteiger partial charge is 0.257 e. The Hall–Kier alpha value is -4.70. The van der Waals surface area contributed by atoms with E-state index < -0.39 is 0 Å². The van der Waals surface area contributed by atoms with Gasteiger partial charge in [-0.05, 0) is 64.2 Å². The predicted octanol–water partition coefficient (Wildman–Crippen LogP) is 4.68. The maximum Gasteiger partial charge on any atom is 0.257 e. The van der Waals surface area contributed by atoms with Crippen molar-refractivity contribution >= 4 is 11.6 Å². The first kappa shape index (κ1) is 41.9. The molecule has 0 spiro atoms. The third-order valence-electron chi connectivity index (χ3n) is 9.92. The molecule has 1 aliphatic heterocycles. The van der Waals surface area contributed by atoms with Gasteiger partial charge in [-0.3, -0.25) is 9.58 Å². The standard InChI is InChI=1S/C40H56N10O7/c1-29-23-48(24-30(2)56-29)35-7-9-36(10-8-35)50-26-37(39(47-50)55-18-17-54-16-15-53-14-13-52-12-11-51-4)46-40-43-21-34(22-44-40)32-5-6-33(20-41)38(19-32)57-31(3)25-49-28-42-27-45-49/h5-6,19,21-22,26-31,35-36H,7-18,23-25H2,1-4H3,(H,43,44,46)/t29-,30+,31-,35-,36-/m0/s1. The zero-order valence-corrected chi connectivity index (χ0v) is 33.5. The van der Waals surface area contributed by atoms with Crippen LogP contribution in [0.3, 0.4) is 0 Å². The van der Waals surface area contributed by atoms with Crippen LogP contribution in [0.25, 0.3) is 11.1 Å². The molecule has 17 nitrogen and oxygen atoms in total. The van der Waals surface area contributed by atoms with Crippen LogP contribution in [-0.2, 0) is 30.2 Å². The van der Waals surface area contributed by atoms with E-state index in [9.17, 15) is 5.26 Å². The Morgan fingerprint density at radius 2 is 1.56 bits per heavy atom. The van der Waals surface area contributed by atoms with Crippen molar-refractivity contribution in [3.63, 3.8) is 0 Å². The molecule has 3 aromatic heterocycles. The number of rotatable bonds is 22. The summed E-state index contributed by atoms with van der Waals surface area (Å²) < 4.78 is 43.7. The number of aromatic nitrogens is 7. The number of hydrogen-bond donors (Lipinski definition) is 1. The predicted molar refractivity (Wildman–Crippen MR) is 211 cm³/mol. The number of morpholine rings is 1. The average Bonchev–Trinajstić information content (AvgIpc) is 3.88. The van der Waals surface area contributed by atoms with Crippen LogP contribution in [0.2, 0.25) is 0 Å². The van der Waals surface area contributed by atoms with Gasteiger partial charge in [0.05, 0.1) is 82.8 Å². The SMILES string of the molecule is COCCOCCOCCOCCOc1nn([C@H]2CC[C@H](N3C[C@@H](C)O[C@@H](C)C3)CC2)cc1Nc1ncc(-c2ccc(C#N)c(O[C@@H](C)Cn3cncn3)c2)cn1. The molecule has 0 amide bonds. The topological polar surface area (TPSA) is 178 Å². The van der Waals surface area contributed by atoms with E-state index >= 15 is 0 Å². The highest BCUT2D eigenvalue weighted by atomic mass is 16.6. The van der Waals surface area contributed by atoms with Crippen LogP contribution in [-0.4, -0.2) is 137 Å². The van der Waals surface area contributed by atoms with E-state index in [0.717, 1.165) is 49.9 Å². The fraction of sp³-hybridized carbons (Fsp3) is 0.600. The third-order valence-corrected chi connectivity index (χ3v) is 9.92. The Morgan fingerprint density at radius 1 is 0.895 bits per heavy atom. The van der Waals surface area contributed by atoms with E-state index in [1.165, 1.54) is 6.33 Å². The fourth-order valence-corrected chi connectivity index (χ4v) is 7.24. The Morgan fingerprint density at radius 3 is 2.21 bits per heavy atom. The van der Waals surface area contributed by atoms with Gasteiger partial charge in [-0.1, -0.05) is 6.07 Å². The third kappa shape index (κ3) is 12.6. The van der Waals surface area contributed by atoms with E-state index in [0.29, 0.717) is 94.3 Å². The van der Waals surface area contributed by atoms with Gasteiger partial charge < -0.3 is 38.5 Å². The first-order valence-electron chi connectivity index (χ1n) is 19.8. The van der Waals surface area contributed by atoms with Gasteiger partial charge in [0, 0.05) is 44.2 Å². The number of methoxy groups -OCH3 is 1. The number of anilines is 2. The lowest BCUT2D eigenvalue weighted by Crippen LogP contribution is -2.51. The Kier molecular flexibility index (Phi) is 16.0. The summed E-state index contributed by atoms with van der Waals surface area (Å²) in [6.45, 7) is 12.4. The molecule has 2 aliphatic rings. The Bertz CT molecular complexity index is 1800. The van der Waals surface area contributed by atoms with Gasteiger partial charge in [0.2, 0.25) is 5.95 Å². The highest BCUT2D eigenvalue weighted by Gasteiger charge is 2.32. The highest BCUT2D eigenvalue weighted by molar-refractivity contribution is 5.67. The molecular formula is C40H56N10O7. The lowest BCUT2D eigenvalue weighted by atomic mass is 9.89. The molecule has 1 saturated carbocycles. The van der Waals surface area contributed by atoms with E-state index in [-0.39, 0.29) is 24.4 Å². The molecule has 4 aromatic rings. The molecule has 4 heterocycles. The lowest BCUT2D eigenvalue weighted by Gasteiger charge is -2.42. The van der Waals surface area contributed by atoms with Gasteiger partial charge in [-0.25, -0.2) is 19.6 Å². The van der Waals surface area contributed by atoms with Crippen LogP contribution in [0.5, 0.6) is 11.6 Å². The van der Waals surface area contributed by atoms with Crippen LogP contribution >= 0.6 is 0 Å². The molecule has 57 heavy (non-hydrogen) atoms. The van der Waals surface area contributed by atoms with E-state index in [1.54, 1.807) is 36.6 Å². The van der Waals surface area contributed by atoms with E-state index in [1.807, 2.05) is 29.9 Å². The van der Waals surface area contributed by atoms with Gasteiger partial charge in [-0.15, -0.1) is 5.10 Å². The zero-order valence-electron chi connectivity index (χ0n) is 33.5. The van der Waals surface area contributed by atoms with Gasteiger partial charge in [0.25, 0.3) is 5.88 Å². The van der Waals surface area contributed by atoms with E-state index in [2.05, 4.69) is 50.2 Å². The summed E-state index contributed by atoms with van der Waals surface area (Å²) in [5, 5.41) is 22.1. The molecule has 0 radical (unpaired) electrons. The first-order valence-corrected chi connectivity index (χ1v) is 19.8. The van der Waals surface area contributed by atoms with Gasteiger partial charge in [-0.2, -0.15) is 10.4 Å². The molecule has 0 bridgehead atoms. The van der Waals surface area contributed by atoms with Crippen LogP contribution in [0, 0.1) is 11.3 Å². The largest absolute Gasteiger partial charge is 0.487 e. The van der Waals surface area contributed by atoms with Crippen LogP contribution in [0.4, 0.5) is 11.6 Å². The first-order chi connectivity index (χ1) is 27.9. The molecule has 6 rings (SSSR count). The second kappa shape index (κ2) is 21.7. The van der Waals surface area contributed by atoms with Crippen molar-refractivity contribution in [2.45, 2.75) is 83.4 Å². The normalized spacial score (nSPS) is 20.5. The summed E-state index contributed by atoms with van der Waals surface area (Å²) in [7, 11) is 1.65. The molecular weight excluding hydrogens is 733 g/mol. The van der Waals surface area contributed by atoms with Crippen molar-refractivity contribution in [1.82, 2.24) is 39.4 Å². The monoisotopic (exact) mass is 788 g/mol. The molecule has 1 N–H and O–H groups in total. The number of nitrogens with zero attached hydrogens (tertiary/aromatic N) is 9. The summed E-state index contributed by atoms with van der Waals surface area (Å²) in [5.74, 6) is 1.33. The van der Waals surface area contributed by atoms with Gasteiger partial charge in [0.1, 0.15) is 42.9 Å². The number of nitrogens with one attached hydrogen (secondary N) is 1. The van der Waals surface area contributed by atoms with Crippen molar-refractivity contribution in [2.75, 3.05) is 78.4 Å². The molecule has 1 aromatic carbocycles. The maximum absolute atomic E-state index is 9.73. The number of hydrogen-bond acceptors (Lipinski definition) is 15. The quantitative estimate of drug-likeness (QED) is 0.109. The van der Waals surface area contributed by atoms with Crippen molar-refractivity contribution in [3.8, 4) is 28.8 Å². The maximum atomic E-state index is 9.73. The summed E-state index contributed by atoms with van der Waals surface area (Å²) in [6, 6.07) is 8.45. The minimum atomic E-state index is -0.246. The van der Waals surface area contributed by atoms with Crippen molar-refractivity contribution in [2.24, 2.45) is 0 Å². The average molecular weight is 789 g/mol. The summed E-state index contributed by atoms with van der Waals surface area (Å²) >= 11 is 0. The fourth-order valence-electron chi connectivity index (χ4n) is 7.24.